The molecule has 0 unspecified atom stereocenters. The van der Waals surface area contributed by atoms with Crippen molar-refractivity contribution >= 4 is 0 Å². The zero-order valence-corrected chi connectivity index (χ0v) is 8.52. The molecule has 0 N–H and O–H groups in total. The van der Waals surface area contributed by atoms with E-state index in [1.807, 2.05) is 0 Å². The molecule has 0 aromatic rings. The highest BCUT2D eigenvalue weighted by molar-refractivity contribution is 4.73. The maximum atomic E-state index is 4.13. The normalized spacial score (nSPS) is 30.5. The Kier molecular flexibility index (Phi) is 4.72. The van der Waals surface area contributed by atoms with E-state index in [-0.39, 0.29) is 0 Å². The molecule has 0 spiro atoms. The molecule has 1 aliphatic carbocycles. The molecule has 0 amide bonds. The Morgan fingerprint density at radius 2 is 1.75 bits per heavy atom. The van der Waals surface area contributed by atoms with Crippen LogP contribution in [0.3, 0.4) is 0 Å². The molecule has 0 heterocycles. The zero-order valence-electron chi connectivity index (χ0n) is 8.52. The van der Waals surface area contributed by atoms with Gasteiger partial charge in [0.2, 0.25) is 0 Å². The van der Waals surface area contributed by atoms with Gasteiger partial charge in [0, 0.05) is 0 Å². The summed E-state index contributed by atoms with van der Waals surface area (Å²) in [6, 6.07) is 0. The van der Waals surface area contributed by atoms with Crippen LogP contribution in [0.25, 0.3) is 0 Å². The molecule has 1 aliphatic rings. The van der Waals surface area contributed by atoms with Crippen molar-refractivity contribution in [1.82, 2.24) is 0 Å². The lowest BCUT2D eigenvalue weighted by Crippen LogP contribution is -2.12. The van der Waals surface area contributed by atoms with Crippen molar-refractivity contribution in [2.45, 2.75) is 58.3 Å². The van der Waals surface area contributed by atoms with E-state index in [2.05, 4.69) is 13.8 Å². The SMILES string of the molecule is [CH2][C@H]1CC[C@H](CCCCC)CC1. The van der Waals surface area contributed by atoms with E-state index < -0.39 is 0 Å². The van der Waals surface area contributed by atoms with Crippen molar-refractivity contribution in [2.75, 3.05) is 0 Å². The molecule has 71 valence electrons. The topological polar surface area (TPSA) is 0 Å². The Hall–Kier alpha value is 0. The van der Waals surface area contributed by atoms with Gasteiger partial charge in [0.05, 0.1) is 0 Å². The van der Waals surface area contributed by atoms with Crippen LogP contribution < -0.4 is 0 Å². The molecular weight excluding hydrogens is 144 g/mol. The van der Waals surface area contributed by atoms with E-state index in [9.17, 15) is 0 Å². The summed E-state index contributed by atoms with van der Waals surface area (Å²) in [4.78, 5) is 0. The predicted molar refractivity (Wildman–Crippen MR) is 54.9 cm³/mol. The third-order valence-corrected chi connectivity index (χ3v) is 3.18. The van der Waals surface area contributed by atoms with Crippen LogP contribution >= 0.6 is 0 Å². The molecule has 1 rings (SSSR count). The van der Waals surface area contributed by atoms with Crippen LogP contribution in [0, 0.1) is 18.8 Å². The van der Waals surface area contributed by atoms with Gasteiger partial charge in [-0.05, 0) is 11.8 Å². The Morgan fingerprint density at radius 1 is 1.08 bits per heavy atom. The first kappa shape index (κ1) is 10.1. The maximum Gasteiger partial charge on any atom is -0.0414 e. The lowest BCUT2D eigenvalue weighted by Gasteiger charge is -2.25. The fourth-order valence-corrected chi connectivity index (χ4v) is 2.20. The molecule has 0 aromatic heterocycles. The van der Waals surface area contributed by atoms with Crippen molar-refractivity contribution in [1.29, 1.82) is 0 Å². The second-order valence-corrected chi connectivity index (χ2v) is 4.38. The average molecular weight is 167 g/mol. The average Bonchev–Trinajstić information content (AvgIpc) is 2.09. The smallest absolute Gasteiger partial charge is 0.0414 e. The standard InChI is InChI=1S/C12H23/c1-3-4-5-6-12-9-7-11(2)8-10-12/h11-12H,2-10H2,1H3/t11-,12-. The largest absolute Gasteiger partial charge is 0.0654 e. The van der Waals surface area contributed by atoms with E-state index in [1.54, 1.807) is 0 Å². The number of rotatable bonds is 4. The summed E-state index contributed by atoms with van der Waals surface area (Å²) < 4.78 is 0. The van der Waals surface area contributed by atoms with E-state index >= 15 is 0 Å². The van der Waals surface area contributed by atoms with E-state index in [4.69, 9.17) is 0 Å². The minimum atomic E-state index is 0.771. The van der Waals surface area contributed by atoms with Crippen LogP contribution in [0.15, 0.2) is 0 Å². The molecule has 12 heavy (non-hydrogen) atoms. The summed E-state index contributed by atoms with van der Waals surface area (Å²) in [6.45, 7) is 6.41. The van der Waals surface area contributed by atoms with Crippen LogP contribution in [0.1, 0.15) is 58.3 Å². The highest BCUT2D eigenvalue weighted by Crippen LogP contribution is 2.31. The minimum Gasteiger partial charge on any atom is -0.0654 e. The van der Waals surface area contributed by atoms with Gasteiger partial charge in [-0.3, -0.25) is 0 Å². The first-order chi connectivity index (χ1) is 5.83. The van der Waals surface area contributed by atoms with Crippen LogP contribution in [-0.2, 0) is 0 Å². The van der Waals surface area contributed by atoms with Crippen molar-refractivity contribution in [3.8, 4) is 0 Å². The Balaban J connectivity index is 2.01. The van der Waals surface area contributed by atoms with Gasteiger partial charge in [-0.1, -0.05) is 65.2 Å². The lowest BCUT2D eigenvalue weighted by molar-refractivity contribution is 0.288. The fourth-order valence-electron chi connectivity index (χ4n) is 2.20. The van der Waals surface area contributed by atoms with Gasteiger partial charge in [-0.15, -0.1) is 0 Å². The number of hydrogen-bond donors (Lipinski definition) is 0. The minimum absolute atomic E-state index is 0.771. The second kappa shape index (κ2) is 5.61. The van der Waals surface area contributed by atoms with Gasteiger partial charge < -0.3 is 0 Å². The van der Waals surface area contributed by atoms with E-state index in [0.29, 0.717) is 0 Å². The van der Waals surface area contributed by atoms with Gasteiger partial charge in [-0.2, -0.15) is 0 Å². The van der Waals surface area contributed by atoms with Crippen LogP contribution in [0.5, 0.6) is 0 Å². The van der Waals surface area contributed by atoms with Crippen molar-refractivity contribution in [2.24, 2.45) is 11.8 Å². The summed E-state index contributed by atoms with van der Waals surface area (Å²) >= 11 is 0. The zero-order chi connectivity index (χ0) is 8.81. The Morgan fingerprint density at radius 3 is 2.33 bits per heavy atom. The van der Waals surface area contributed by atoms with Crippen molar-refractivity contribution in [3.63, 3.8) is 0 Å². The first-order valence-corrected chi connectivity index (χ1v) is 5.66. The monoisotopic (exact) mass is 167 g/mol. The third-order valence-electron chi connectivity index (χ3n) is 3.18. The maximum absolute atomic E-state index is 4.13. The van der Waals surface area contributed by atoms with Crippen LogP contribution in [0.4, 0.5) is 0 Å². The Bertz CT molecular complexity index is 98.6. The molecule has 1 saturated carbocycles. The summed E-state index contributed by atoms with van der Waals surface area (Å²) in [5, 5.41) is 0. The summed E-state index contributed by atoms with van der Waals surface area (Å²) in [6.07, 6.45) is 11.4. The molecule has 0 nitrogen and oxygen atoms in total. The third kappa shape index (κ3) is 3.60. The molecule has 0 aromatic carbocycles. The summed E-state index contributed by atoms with van der Waals surface area (Å²) in [7, 11) is 0. The van der Waals surface area contributed by atoms with E-state index in [0.717, 1.165) is 11.8 Å². The van der Waals surface area contributed by atoms with Crippen molar-refractivity contribution in [3.05, 3.63) is 6.92 Å². The molecular formula is C12H23. The summed E-state index contributed by atoms with van der Waals surface area (Å²) in [5.41, 5.74) is 0. The van der Waals surface area contributed by atoms with Gasteiger partial charge in [-0.25, -0.2) is 0 Å². The second-order valence-electron chi connectivity index (χ2n) is 4.38. The highest BCUT2D eigenvalue weighted by Gasteiger charge is 2.17. The lowest BCUT2D eigenvalue weighted by atomic mass is 9.80. The highest BCUT2D eigenvalue weighted by atomic mass is 14.2. The predicted octanol–water partition coefficient (Wildman–Crippen LogP) is 4.21. The molecule has 0 atom stereocenters. The molecule has 0 bridgehead atoms. The first-order valence-electron chi connectivity index (χ1n) is 5.66. The van der Waals surface area contributed by atoms with Crippen molar-refractivity contribution < 1.29 is 0 Å². The molecule has 1 fully saturated rings. The number of hydrogen-bond acceptors (Lipinski definition) is 0. The van der Waals surface area contributed by atoms with Gasteiger partial charge in [0.25, 0.3) is 0 Å². The van der Waals surface area contributed by atoms with Gasteiger partial charge in [0.15, 0.2) is 0 Å². The number of unbranched alkanes of at least 4 members (excludes halogenated alkanes) is 2. The van der Waals surface area contributed by atoms with E-state index in [1.165, 1.54) is 51.4 Å². The van der Waals surface area contributed by atoms with Crippen LogP contribution in [0.2, 0.25) is 0 Å². The molecule has 0 aliphatic heterocycles. The van der Waals surface area contributed by atoms with Gasteiger partial charge >= 0.3 is 0 Å². The molecule has 1 radical (unpaired) electrons. The molecule has 0 saturated heterocycles. The van der Waals surface area contributed by atoms with Gasteiger partial charge in [0.1, 0.15) is 0 Å². The summed E-state index contributed by atoms with van der Waals surface area (Å²) in [5.74, 6) is 1.82. The Labute approximate surface area is 77.7 Å². The fraction of sp³-hybridized carbons (Fsp3) is 0.917. The van der Waals surface area contributed by atoms with Crippen LogP contribution in [-0.4, -0.2) is 0 Å². The molecule has 0 heteroatoms. The quantitative estimate of drug-likeness (QED) is 0.550.